The molecule has 1 fully saturated rings. The number of nitrogens with zero attached hydrogens (tertiary/aromatic N) is 1. The zero-order chi connectivity index (χ0) is 12.4. The molecule has 1 amide bonds. The van der Waals surface area contributed by atoms with E-state index >= 15 is 0 Å². The van der Waals surface area contributed by atoms with Gasteiger partial charge in [-0.15, -0.1) is 0 Å². The number of hydrogen-bond acceptors (Lipinski definition) is 3. The second-order valence-electron chi connectivity index (χ2n) is 4.35. The molecule has 0 spiro atoms. The van der Waals surface area contributed by atoms with E-state index in [1.807, 2.05) is 6.92 Å². The monoisotopic (exact) mass is 237 g/mol. The van der Waals surface area contributed by atoms with Gasteiger partial charge in [0, 0.05) is 18.7 Å². The molecule has 1 N–H and O–H groups in total. The fraction of sp³-hybridized carbons (Fsp3) is 0.500. The van der Waals surface area contributed by atoms with Gasteiger partial charge >= 0.3 is 5.97 Å². The van der Waals surface area contributed by atoms with Gasteiger partial charge in [0.25, 0.3) is 5.91 Å². The lowest BCUT2D eigenvalue weighted by Crippen LogP contribution is -2.41. The van der Waals surface area contributed by atoms with Crippen LogP contribution >= 0.6 is 0 Å². The highest BCUT2D eigenvalue weighted by Gasteiger charge is 2.26. The van der Waals surface area contributed by atoms with Crippen molar-refractivity contribution in [3.05, 3.63) is 23.7 Å². The number of carbonyl (C=O) groups is 2. The fourth-order valence-electron chi connectivity index (χ4n) is 2.10. The maximum atomic E-state index is 12.1. The molecule has 2 rings (SSSR count). The molecule has 1 aliphatic rings. The molecule has 1 aromatic rings. The molecule has 1 aliphatic heterocycles. The summed E-state index contributed by atoms with van der Waals surface area (Å²) in [5.74, 6) is -1.19. The van der Waals surface area contributed by atoms with E-state index in [4.69, 9.17) is 9.52 Å². The smallest absolute Gasteiger partial charge is 0.338 e. The van der Waals surface area contributed by atoms with Crippen LogP contribution in [0.3, 0.4) is 0 Å². The largest absolute Gasteiger partial charge is 0.478 e. The van der Waals surface area contributed by atoms with Gasteiger partial charge in [-0.25, -0.2) is 4.79 Å². The SMILES string of the molecule is CC1CCCCN1C(=O)c1cc(C(=O)O)co1. The molecule has 0 aromatic carbocycles. The standard InChI is InChI=1S/C12H15NO4/c1-8-4-2-3-5-13(8)11(14)10-6-9(7-17-10)12(15)16/h6-8H,2-5H2,1H3,(H,15,16). The summed E-state index contributed by atoms with van der Waals surface area (Å²) in [4.78, 5) is 24.5. The predicted octanol–water partition coefficient (Wildman–Crippen LogP) is 1.99. The van der Waals surface area contributed by atoms with Crippen LogP contribution in [0.15, 0.2) is 16.7 Å². The van der Waals surface area contributed by atoms with Crippen molar-refractivity contribution in [2.45, 2.75) is 32.2 Å². The number of hydrogen-bond donors (Lipinski definition) is 1. The first-order chi connectivity index (χ1) is 8.09. The minimum atomic E-state index is -1.08. The maximum Gasteiger partial charge on any atom is 0.338 e. The highest BCUT2D eigenvalue weighted by molar-refractivity contribution is 5.95. The zero-order valence-electron chi connectivity index (χ0n) is 9.68. The molecule has 1 atom stereocenters. The lowest BCUT2D eigenvalue weighted by Gasteiger charge is -2.32. The normalized spacial score (nSPS) is 20.3. The van der Waals surface area contributed by atoms with Crippen LogP contribution in [-0.2, 0) is 0 Å². The summed E-state index contributed by atoms with van der Waals surface area (Å²) in [6.07, 6.45) is 4.20. The van der Waals surface area contributed by atoms with E-state index in [1.54, 1.807) is 4.90 Å². The summed E-state index contributed by atoms with van der Waals surface area (Å²) in [5.41, 5.74) is 0.0120. The average molecular weight is 237 g/mol. The van der Waals surface area contributed by atoms with E-state index in [0.717, 1.165) is 25.5 Å². The van der Waals surface area contributed by atoms with Gasteiger partial charge in [-0.1, -0.05) is 0 Å². The Bertz CT molecular complexity index is 437. The zero-order valence-corrected chi connectivity index (χ0v) is 9.68. The molecule has 5 heteroatoms. The Morgan fingerprint density at radius 2 is 2.24 bits per heavy atom. The second kappa shape index (κ2) is 4.61. The van der Waals surface area contributed by atoms with Crippen molar-refractivity contribution in [1.29, 1.82) is 0 Å². The van der Waals surface area contributed by atoms with E-state index in [1.165, 1.54) is 6.07 Å². The van der Waals surface area contributed by atoms with Gasteiger partial charge in [0.05, 0.1) is 5.56 Å². The van der Waals surface area contributed by atoms with Gasteiger partial charge in [-0.05, 0) is 26.2 Å². The van der Waals surface area contributed by atoms with Crippen LogP contribution in [-0.4, -0.2) is 34.5 Å². The summed E-state index contributed by atoms with van der Waals surface area (Å²) < 4.78 is 5.02. The Labute approximate surface area is 99.0 Å². The topological polar surface area (TPSA) is 70.8 Å². The van der Waals surface area contributed by atoms with Crippen molar-refractivity contribution in [3.8, 4) is 0 Å². The van der Waals surface area contributed by atoms with Gasteiger partial charge in [0.2, 0.25) is 0 Å². The molecule has 1 saturated heterocycles. The third kappa shape index (κ3) is 2.33. The lowest BCUT2D eigenvalue weighted by molar-refractivity contribution is 0.0602. The number of likely N-dealkylation sites (tertiary alicyclic amines) is 1. The molecule has 0 aliphatic carbocycles. The van der Waals surface area contributed by atoms with Gasteiger partial charge in [-0.2, -0.15) is 0 Å². The number of carboxylic acid groups (broad SMARTS) is 1. The molecule has 0 bridgehead atoms. The summed E-state index contributed by atoms with van der Waals surface area (Å²) in [5, 5.41) is 8.76. The number of carbonyl (C=O) groups excluding carboxylic acids is 1. The maximum absolute atomic E-state index is 12.1. The van der Waals surface area contributed by atoms with E-state index in [-0.39, 0.29) is 23.3 Å². The molecule has 1 aromatic heterocycles. The molecular weight excluding hydrogens is 222 g/mol. The Balaban J connectivity index is 2.15. The summed E-state index contributed by atoms with van der Waals surface area (Å²) in [6, 6.07) is 1.47. The van der Waals surface area contributed by atoms with Crippen LogP contribution in [0.25, 0.3) is 0 Å². The van der Waals surface area contributed by atoms with Crippen LogP contribution in [0.2, 0.25) is 0 Å². The molecule has 2 heterocycles. The van der Waals surface area contributed by atoms with E-state index in [2.05, 4.69) is 0 Å². The molecular formula is C12H15NO4. The Kier molecular flexibility index (Phi) is 3.17. The summed E-state index contributed by atoms with van der Waals surface area (Å²) >= 11 is 0. The number of piperidine rings is 1. The number of carboxylic acids is 1. The summed E-state index contributed by atoms with van der Waals surface area (Å²) in [7, 11) is 0. The number of aromatic carboxylic acids is 1. The molecule has 92 valence electrons. The summed E-state index contributed by atoms with van der Waals surface area (Å²) in [6.45, 7) is 2.71. The first-order valence-electron chi connectivity index (χ1n) is 5.72. The van der Waals surface area contributed by atoms with Crippen molar-refractivity contribution >= 4 is 11.9 Å². The highest BCUT2D eigenvalue weighted by Crippen LogP contribution is 2.20. The van der Waals surface area contributed by atoms with Crippen molar-refractivity contribution in [1.82, 2.24) is 4.90 Å². The van der Waals surface area contributed by atoms with E-state index < -0.39 is 5.97 Å². The van der Waals surface area contributed by atoms with Gasteiger partial charge in [0.15, 0.2) is 5.76 Å². The molecule has 5 nitrogen and oxygen atoms in total. The number of furan rings is 1. The first kappa shape index (κ1) is 11.7. The average Bonchev–Trinajstić information content (AvgIpc) is 2.78. The highest BCUT2D eigenvalue weighted by atomic mass is 16.4. The predicted molar refractivity (Wildman–Crippen MR) is 60.0 cm³/mol. The van der Waals surface area contributed by atoms with Gasteiger partial charge in [-0.3, -0.25) is 4.79 Å². The molecule has 0 radical (unpaired) electrons. The van der Waals surface area contributed by atoms with E-state index in [9.17, 15) is 9.59 Å². The van der Waals surface area contributed by atoms with Crippen LogP contribution in [0.1, 0.15) is 47.1 Å². The third-order valence-electron chi connectivity index (χ3n) is 3.12. The lowest BCUT2D eigenvalue weighted by atomic mass is 10.0. The van der Waals surface area contributed by atoms with Crippen LogP contribution in [0, 0.1) is 0 Å². The third-order valence-corrected chi connectivity index (χ3v) is 3.12. The van der Waals surface area contributed by atoms with Crippen molar-refractivity contribution in [2.75, 3.05) is 6.54 Å². The van der Waals surface area contributed by atoms with Crippen molar-refractivity contribution < 1.29 is 19.1 Å². The van der Waals surface area contributed by atoms with Gasteiger partial charge in [0.1, 0.15) is 6.26 Å². The first-order valence-corrected chi connectivity index (χ1v) is 5.72. The van der Waals surface area contributed by atoms with Crippen LogP contribution in [0.5, 0.6) is 0 Å². The van der Waals surface area contributed by atoms with Crippen molar-refractivity contribution in [2.24, 2.45) is 0 Å². The minimum Gasteiger partial charge on any atom is -0.478 e. The second-order valence-corrected chi connectivity index (χ2v) is 4.35. The quantitative estimate of drug-likeness (QED) is 0.853. The van der Waals surface area contributed by atoms with Crippen LogP contribution < -0.4 is 0 Å². The minimum absolute atomic E-state index is 0.0120. The molecule has 1 unspecified atom stereocenters. The Morgan fingerprint density at radius 3 is 2.82 bits per heavy atom. The van der Waals surface area contributed by atoms with Crippen LogP contribution in [0.4, 0.5) is 0 Å². The Hall–Kier alpha value is -1.78. The fourth-order valence-corrected chi connectivity index (χ4v) is 2.10. The van der Waals surface area contributed by atoms with Gasteiger partial charge < -0.3 is 14.4 Å². The number of amides is 1. The number of rotatable bonds is 2. The van der Waals surface area contributed by atoms with E-state index in [0.29, 0.717) is 6.54 Å². The van der Waals surface area contributed by atoms with Crippen molar-refractivity contribution in [3.63, 3.8) is 0 Å². The Morgan fingerprint density at radius 1 is 1.47 bits per heavy atom. The molecule has 0 saturated carbocycles. The molecule has 17 heavy (non-hydrogen) atoms.